The van der Waals surface area contributed by atoms with Gasteiger partial charge in [0.1, 0.15) is 0 Å². The molecule has 2 aliphatic heterocycles. The molecule has 4 rings (SSSR count). The first-order valence-corrected chi connectivity index (χ1v) is 8.70. The number of hydrogen-bond acceptors (Lipinski definition) is 3. The topological polar surface area (TPSA) is 54.8 Å². The molecule has 6 nitrogen and oxygen atoms in total. The molecule has 0 spiro atoms. The summed E-state index contributed by atoms with van der Waals surface area (Å²) in [4.78, 5) is 29.1. The van der Waals surface area contributed by atoms with Gasteiger partial charge < -0.3 is 19.1 Å². The predicted molar refractivity (Wildman–Crippen MR) is 94.3 cm³/mol. The van der Waals surface area contributed by atoms with Gasteiger partial charge in [-0.2, -0.15) is 0 Å². The van der Waals surface area contributed by atoms with Gasteiger partial charge in [0.2, 0.25) is 5.91 Å². The van der Waals surface area contributed by atoms with Crippen LogP contribution in [0.4, 0.5) is 0 Å². The zero-order chi connectivity index (χ0) is 17.6. The van der Waals surface area contributed by atoms with E-state index in [0.717, 1.165) is 17.4 Å². The summed E-state index contributed by atoms with van der Waals surface area (Å²) >= 11 is 0. The number of aromatic nitrogens is 1. The van der Waals surface area contributed by atoms with Gasteiger partial charge in [-0.1, -0.05) is 0 Å². The van der Waals surface area contributed by atoms with Crippen LogP contribution in [0, 0.1) is 11.8 Å². The van der Waals surface area contributed by atoms with Gasteiger partial charge in [0.15, 0.2) is 0 Å². The van der Waals surface area contributed by atoms with E-state index in [1.54, 1.807) is 7.11 Å². The molecule has 25 heavy (non-hydrogen) atoms. The highest BCUT2D eigenvalue weighted by Gasteiger charge is 2.47. The highest BCUT2D eigenvalue weighted by molar-refractivity contribution is 5.99. The van der Waals surface area contributed by atoms with E-state index in [9.17, 15) is 9.59 Å². The van der Waals surface area contributed by atoms with Gasteiger partial charge >= 0.3 is 0 Å². The number of methoxy groups -OCH3 is 1. The molecule has 0 radical (unpaired) electrons. The van der Waals surface area contributed by atoms with E-state index in [-0.39, 0.29) is 23.7 Å². The molecule has 2 aromatic rings. The van der Waals surface area contributed by atoms with Crippen molar-refractivity contribution in [3.05, 3.63) is 36.0 Å². The average Bonchev–Trinajstić information content (AvgIpc) is 3.28. The first-order chi connectivity index (χ1) is 12.1. The smallest absolute Gasteiger partial charge is 0.253 e. The fourth-order valence-electron chi connectivity index (χ4n) is 4.11. The molecule has 2 aliphatic rings. The van der Waals surface area contributed by atoms with Crippen LogP contribution in [0.3, 0.4) is 0 Å². The summed E-state index contributed by atoms with van der Waals surface area (Å²) in [6, 6.07) is 7.82. The van der Waals surface area contributed by atoms with Gasteiger partial charge in [-0.15, -0.1) is 0 Å². The summed E-state index contributed by atoms with van der Waals surface area (Å²) in [5.41, 5.74) is 1.81. The minimum atomic E-state index is -0.0544. The molecule has 132 valence electrons. The Morgan fingerprint density at radius 1 is 1.24 bits per heavy atom. The number of carbonyl (C=O) groups is 2. The van der Waals surface area contributed by atoms with Crippen LogP contribution in [0.2, 0.25) is 0 Å². The second kappa shape index (κ2) is 6.19. The lowest BCUT2D eigenvalue weighted by atomic mass is 10.0. The maximum atomic E-state index is 12.9. The Morgan fingerprint density at radius 2 is 2.08 bits per heavy atom. The number of likely N-dealkylation sites (tertiary alicyclic amines) is 2. The average molecular weight is 341 g/mol. The molecule has 0 bridgehead atoms. The fraction of sp³-hybridized carbons (Fsp3) is 0.474. The van der Waals surface area contributed by atoms with E-state index in [1.807, 2.05) is 51.9 Å². The number of ether oxygens (including phenoxy) is 1. The number of rotatable bonds is 4. The number of benzene rings is 1. The van der Waals surface area contributed by atoms with Crippen LogP contribution in [0.1, 0.15) is 10.4 Å². The molecule has 0 aliphatic carbocycles. The SMILES string of the molecule is COCCN1C[C@@H]2CN(C(=O)c3ccc4c(ccn4C)c3)C[C@@H]2C1=O. The normalized spacial score (nSPS) is 22.9. The molecule has 1 aromatic heterocycles. The van der Waals surface area contributed by atoms with Crippen molar-refractivity contribution >= 4 is 22.7 Å². The van der Waals surface area contributed by atoms with Crippen LogP contribution < -0.4 is 0 Å². The summed E-state index contributed by atoms with van der Waals surface area (Å²) in [5, 5.41) is 1.06. The molecule has 6 heteroatoms. The quantitative estimate of drug-likeness (QED) is 0.844. The van der Waals surface area contributed by atoms with Crippen molar-refractivity contribution in [2.75, 3.05) is 39.9 Å². The van der Waals surface area contributed by atoms with E-state index in [0.29, 0.717) is 31.8 Å². The molecule has 0 unspecified atom stereocenters. The fourth-order valence-corrected chi connectivity index (χ4v) is 4.11. The van der Waals surface area contributed by atoms with Crippen LogP contribution in [-0.2, 0) is 16.6 Å². The van der Waals surface area contributed by atoms with Gasteiger partial charge in [-0.3, -0.25) is 9.59 Å². The third-order valence-electron chi connectivity index (χ3n) is 5.51. The van der Waals surface area contributed by atoms with Gasteiger partial charge in [0.25, 0.3) is 5.91 Å². The molecule has 2 fully saturated rings. The first-order valence-electron chi connectivity index (χ1n) is 8.70. The molecular weight excluding hydrogens is 318 g/mol. The van der Waals surface area contributed by atoms with Crippen LogP contribution >= 0.6 is 0 Å². The first kappa shape index (κ1) is 16.1. The lowest BCUT2D eigenvalue weighted by Gasteiger charge is -2.21. The molecule has 2 amide bonds. The maximum absolute atomic E-state index is 12.9. The Bertz CT molecular complexity index is 828. The Balaban J connectivity index is 1.47. The van der Waals surface area contributed by atoms with Gasteiger partial charge in [-0.05, 0) is 24.3 Å². The van der Waals surface area contributed by atoms with Gasteiger partial charge in [0.05, 0.1) is 12.5 Å². The molecule has 1 aromatic carbocycles. The van der Waals surface area contributed by atoms with Crippen molar-refractivity contribution in [2.45, 2.75) is 0 Å². The summed E-state index contributed by atoms with van der Waals surface area (Å²) in [5.74, 6) is 0.377. The third kappa shape index (κ3) is 2.70. The summed E-state index contributed by atoms with van der Waals surface area (Å²) in [6.45, 7) is 3.12. The van der Waals surface area contributed by atoms with E-state index >= 15 is 0 Å². The Hall–Kier alpha value is -2.34. The number of hydrogen-bond donors (Lipinski definition) is 0. The Kier molecular flexibility index (Phi) is 4.00. The van der Waals surface area contributed by atoms with Crippen molar-refractivity contribution < 1.29 is 14.3 Å². The zero-order valence-electron chi connectivity index (χ0n) is 14.6. The van der Waals surface area contributed by atoms with E-state index < -0.39 is 0 Å². The largest absolute Gasteiger partial charge is 0.383 e. The van der Waals surface area contributed by atoms with Crippen molar-refractivity contribution in [1.82, 2.24) is 14.4 Å². The monoisotopic (exact) mass is 341 g/mol. The molecular formula is C19H23N3O3. The molecule has 3 heterocycles. The summed E-state index contributed by atoms with van der Waals surface area (Å²) in [6.07, 6.45) is 1.99. The minimum absolute atomic E-state index is 0.0244. The number of carbonyl (C=O) groups excluding carboxylic acids is 2. The zero-order valence-corrected chi connectivity index (χ0v) is 14.6. The van der Waals surface area contributed by atoms with E-state index in [4.69, 9.17) is 4.74 Å². The van der Waals surface area contributed by atoms with Crippen molar-refractivity contribution in [2.24, 2.45) is 18.9 Å². The second-order valence-electron chi connectivity index (χ2n) is 7.05. The maximum Gasteiger partial charge on any atom is 0.253 e. The van der Waals surface area contributed by atoms with Crippen LogP contribution in [0.25, 0.3) is 10.9 Å². The van der Waals surface area contributed by atoms with E-state index in [1.165, 1.54) is 0 Å². The molecule has 0 N–H and O–H groups in total. The predicted octanol–water partition coefficient (Wildman–Crippen LogP) is 1.36. The highest BCUT2D eigenvalue weighted by Crippen LogP contribution is 2.33. The Morgan fingerprint density at radius 3 is 2.84 bits per heavy atom. The molecule has 2 saturated heterocycles. The Labute approximate surface area is 146 Å². The van der Waals surface area contributed by atoms with Crippen molar-refractivity contribution in [1.29, 1.82) is 0 Å². The lowest BCUT2D eigenvalue weighted by molar-refractivity contribution is -0.131. The number of fused-ring (bicyclic) bond motifs is 2. The van der Waals surface area contributed by atoms with Gasteiger partial charge in [0, 0.05) is 68.9 Å². The summed E-state index contributed by atoms with van der Waals surface area (Å²) < 4.78 is 7.11. The summed E-state index contributed by atoms with van der Waals surface area (Å²) in [7, 11) is 3.64. The van der Waals surface area contributed by atoms with Crippen molar-refractivity contribution in [3.63, 3.8) is 0 Å². The number of nitrogens with zero attached hydrogens (tertiary/aromatic N) is 3. The van der Waals surface area contributed by atoms with Gasteiger partial charge in [-0.25, -0.2) is 0 Å². The standard InChI is InChI=1S/C19H23N3O3/c1-20-6-5-13-9-14(3-4-17(13)20)18(23)22-11-15-10-21(7-8-25-2)19(24)16(15)12-22/h3-6,9,15-16H,7-8,10-12H2,1-2H3/t15-,16+/m1/s1. The lowest BCUT2D eigenvalue weighted by Crippen LogP contribution is -2.36. The highest BCUT2D eigenvalue weighted by atomic mass is 16.5. The molecule has 2 atom stereocenters. The second-order valence-corrected chi connectivity index (χ2v) is 7.05. The minimum Gasteiger partial charge on any atom is -0.383 e. The van der Waals surface area contributed by atoms with E-state index in [2.05, 4.69) is 0 Å². The van der Waals surface area contributed by atoms with Crippen LogP contribution in [0.15, 0.2) is 30.5 Å². The molecule has 0 saturated carbocycles. The number of amides is 2. The van der Waals surface area contributed by atoms with Crippen LogP contribution in [-0.4, -0.2) is 66.1 Å². The third-order valence-corrected chi connectivity index (χ3v) is 5.51. The van der Waals surface area contributed by atoms with Crippen LogP contribution in [0.5, 0.6) is 0 Å². The number of aryl methyl sites for hydroxylation is 1. The van der Waals surface area contributed by atoms with Crippen molar-refractivity contribution in [3.8, 4) is 0 Å².